The molecule has 1 aromatic rings. The standard InChI is InChI=1S/C13H19NO2/c1-9(15)11-5-3-4-6-13(11)14-12-7-8-16-10(12)2/h3-6,9-10,12,14-15H,7-8H2,1-2H3. The summed E-state index contributed by atoms with van der Waals surface area (Å²) in [5.74, 6) is 0. The van der Waals surface area contributed by atoms with E-state index in [4.69, 9.17) is 4.74 Å². The monoisotopic (exact) mass is 221 g/mol. The lowest BCUT2D eigenvalue weighted by Crippen LogP contribution is -2.27. The third-order valence-electron chi connectivity index (χ3n) is 3.13. The van der Waals surface area contributed by atoms with Gasteiger partial charge in [0, 0.05) is 17.9 Å². The molecule has 0 aliphatic carbocycles. The molecule has 3 atom stereocenters. The van der Waals surface area contributed by atoms with Crippen molar-refractivity contribution in [2.45, 2.75) is 38.5 Å². The first-order valence-corrected chi connectivity index (χ1v) is 5.83. The molecular formula is C13H19NO2. The lowest BCUT2D eigenvalue weighted by Gasteiger charge is -2.20. The molecule has 1 aromatic carbocycles. The van der Waals surface area contributed by atoms with E-state index in [1.807, 2.05) is 24.3 Å². The molecular weight excluding hydrogens is 202 g/mol. The molecule has 0 radical (unpaired) electrons. The number of para-hydroxylation sites is 1. The first kappa shape index (κ1) is 11.4. The van der Waals surface area contributed by atoms with Gasteiger partial charge in [0.2, 0.25) is 0 Å². The van der Waals surface area contributed by atoms with E-state index >= 15 is 0 Å². The van der Waals surface area contributed by atoms with Crippen LogP contribution in [0, 0.1) is 0 Å². The number of ether oxygens (including phenoxy) is 1. The Labute approximate surface area is 96.4 Å². The van der Waals surface area contributed by atoms with E-state index in [-0.39, 0.29) is 6.10 Å². The van der Waals surface area contributed by atoms with Crippen LogP contribution in [0.1, 0.15) is 31.9 Å². The largest absolute Gasteiger partial charge is 0.389 e. The Hall–Kier alpha value is -1.06. The second kappa shape index (κ2) is 4.85. The molecule has 0 amide bonds. The normalized spacial score (nSPS) is 26.7. The molecule has 3 unspecified atom stereocenters. The van der Waals surface area contributed by atoms with Crippen molar-refractivity contribution < 1.29 is 9.84 Å². The van der Waals surface area contributed by atoms with Gasteiger partial charge in [-0.1, -0.05) is 18.2 Å². The summed E-state index contributed by atoms with van der Waals surface area (Å²) in [4.78, 5) is 0. The summed E-state index contributed by atoms with van der Waals surface area (Å²) in [6, 6.07) is 8.23. The van der Waals surface area contributed by atoms with Crippen molar-refractivity contribution in [3.63, 3.8) is 0 Å². The lowest BCUT2D eigenvalue weighted by molar-refractivity contribution is 0.121. The van der Waals surface area contributed by atoms with Gasteiger partial charge in [0.1, 0.15) is 0 Å². The van der Waals surface area contributed by atoms with E-state index in [1.54, 1.807) is 6.92 Å². The van der Waals surface area contributed by atoms with E-state index in [1.165, 1.54) is 0 Å². The summed E-state index contributed by atoms with van der Waals surface area (Å²) >= 11 is 0. The Bertz CT molecular complexity index is 352. The van der Waals surface area contributed by atoms with Crippen molar-refractivity contribution in [1.29, 1.82) is 0 Å². The Morgan fingerprint density at radius 1 is 1.44 bits per heavy atom. The van der Waals surface area contributed by atoms with Crippen molar-refractivity contribution in [3.05, 3.63) is 29.8 Å². The first-order valence-electron chi connectivity index (χ1n) is 5.83. The molecule has 0 bridgehead atoms. The number of aliphatic hydroxyl groups excluding tert-OH is 1. The maximum absolute atomic E-state index is 9.67. The van der Waals surface area contributed by atoms with Gasteiger partial charge in [0.15, 0.2) is 0 Å². The first-order chi connectivity index (χ1) is 7.68. The smallest absolute Gasteiger partial charge is 0.0781 e. The maximum atomic E-state index is 9.67. The van der Waals surface area contributed by atoms with Crippen molar-refractivity contribution in [2.24, 2.45) is 0 Å². The minimum Gasteiger partial charge on any atom is -0.389 e. The SMILES string of the molecule is CC(O)c1ccccc1NC1CCOC1C. The highest BCUT2D eigenvalue weighted by atomic mass is 16.5. The molecule has 1 saturated heterocycles. The van der Waals surface area contributed by atoms with Crippen LogP contribution in [0.2, 0.25) is 0 Å². The van der Waals surface area contributed by atoms with Crippen LogP contribution in [-0.2, 0) is 4.74 Å². The number of anilines is 1. The fourth-order valence-corrected chi connectivity index (χ4v) is 2.11. The summed E-state index contributed by atoms with van der Waals surface area (Å²) < 4.78 is 5.51. The molecule has 3 nitrogen and oxygen atoms in total. The van der Waals surface area contributed by atoms with Gasteiger partial charge >= 0.3 is 0 Å². The highest BCUT2D eigenvalue weighted by Crippen LogP contribution is 2.25. The molecule has 1 fully saturated rings. The number of nitrogens with one attached hydrogen (secondary N) is 1. The van der Waals surface area contributed by atoms with Crippen LogP contribution in [0.25, 0.3) is 0 Å². The van der Waals surface area contributed by atoms with Gasteiger partial charge in [-0.2, -0.15) is 0 Å². The zero-order chi connectivity index (χ0) is 11.5. The Balaban J connectivity index is 2.14. The van der Waals surface area contributed by atoms with Gasteiger partial charge in [0.25, 0.3) is 0 Å². The molecule has 2 rings (SSSR count). The molecule has 0 saturated carbocycles. The second-order valence-electron chi connectivity index (χ2n) is 4.38. The number of benzene rings is 1. The van der Waals surface area contributed by atoms with Crippen LogP contribution < -0.4 is 5.32 Å². The van der Waals surface area contributed by atoms with Gasteiger partial charge < -0.3 is 15.2 Å². The average molecular weight is 221 g/mol. The molecule has 1 heterocycles. The maximum Gasteiger partial charge on any atom is 0.0781 e. The summed E-state index contributed by atoms with van der Waals surface area (Å²) in [6.45, 7) is 4.68. The van der Waals surface area contributed by atoms with Gasteiger partial charge in [-0.15, -0.1) is 0 Å². The predicted octanol–water partition coefficient (Wildman–Crippen LogP) is 2.33. The Morgan fingerprint density at radius 3 is 2.81 bits per heavy atom. The van der Waals surface area contributed by atoms with E-state index in [0.717, 1.165) is 24.3 Å². The summed E-state index contributed by atoms with van der Waals surface area (Å²) in [7, 11) is 0. The molecule has 16 heavy (non-hydrogen) atoms. The van der Waals surface area contributed by atoms with Gasteiger partial charge in [0.05, 0.1) is 18.2 Å². The predicted molar refractivity (Wildman–Crippen MR) is 64.5 cm³/mol. The quantitative estimate of drug-likeness (QED) is 0.823. The van der Waals surface area contributed by atoms with Crippen molar-refractivity contribution in [3.8, 4) is 0 Å². The fourth-order valence-electron chi connectivity index (χ4n) is 2.11. The zero-order valence-corrected chi connectivity index (χ0v) is 9.81. The van der Waals surface area contributed by atoms with Crippen molar-refractivity contribution in [2.75, 3.05) is 11.9 Å². The number of rotatable bonds is 3. The Kier molecular flexibility index (Phi) is 3.46. The zero-order valence-electron chi connectivity index (χ0n) is 9.81. The molecule has 88 valence electrons. The summed E-state index contributed by atoms with van der Waals surface area (Å²) in [5, 5.41) is 13.1. The van der Waals surface area contributed by atoms with Crippen LogP contribution in [0.5, 0.6) is 0 Å². The lowest BCUT2D eigenvalue weighted by atomic mass is 10.1. The van der Waals surface area contributed by atoms with Crippen LogP contribution in [0.15, 0.2) is 24.3 Å². The number of hydrogen-bond acceptors (Lipinski definition) is 3. The molecule has 3 heteroatoms. The average Bonchev–Trinajstić information content (AvgIpc) is 2.65. The molecule has 0 spiro atoms. The minimum absolute atomic E-state index is 0.238. The van der Waals surface area contributed by atoms with E-state index in [0.29, 0.717) is 6.04 Å². The molecule has 1 aliphatic heterocycles. The van der Waals surface area contributed by atoms with Crippen LogP contribution in [0.4, 0.5) is 5.69 Å². The minimum atomic E-state index is -0.443. The van der Waals surface area contributed by atoms with Gasteiger partial charge in [-0.25, -0.2) is 0 Å². The fraction of sp³-hybridized carbons (Fsp3) is 0.538. The summed E-state index contributed by atoms with van der Waals surface area (Å²) in [5.41, 5.74) is 1.96. The third kappa shape index (κ3) is 2.36. The van der Waals surface area contributed by atoms with Crippen LogP contribution >= 0.6 is 0 Å². The summed E-state index contributed by atoms with van der Waals surface area (Å²) in [6.07, 6.45) is 0.818. The highest BCUT2D eigenvalue weighted by molar-refractivity contribution is 5.53. The Morgan fingerprint density at radius 2 is 2.19 bits per heavy atom. The topological polar surface area (TPSA) is 41.5 Å². The molecule has 0 aromatic heterocycles. The van der Waals surface area contributed by atoms with Crippen LogP contribution in [-0.4, -0.2) is 23.9 Å². The van der Waals surface area contributed by atoms with Crippen molar-refractivity contribution in [1.82, 2.24) is 0 Å². The van der Waals surface area contributed by atoms with Crippen LogP contribution in [0.3, 0.4) is 0 Å². The number of hydrogen-bond donors (Lipinski definition) is 2. The number of aliphatic hydroxyl groups is 1. The van der Waals surface area contributed by atoms with E-state index < -0.39 is 6.10 Å². The van der Waals surface area contributed by atoms with Crippen molar-refractivity contribution >= 4 is 5.69 Å². The van der Waals surface area contributed by atoms with E-state index in [9.17, 15) is 5.11 Å². The van der Waals surface area contributed by atoms with E-state index in [2.05, 4.69) is 12.2 Å². The highest BCUT2D eigenvalue weighted by Gasteiger charge is 2.24. The molecule has 2 N–H and O–H groups in total. The third-order valence-corrected chi connectivity index (χ3v) is 3.13. The van der Waals surface area contributed by atoms with Gasteiger partial charge in [-0.05, 0) is 26.3 Å². The second-order valence-corrected chi connectivity index (χ2v) is 4.38. The molecule has 1 aliphatic rings. The van der Waals surface area contributed by atoms with Gasteiger partial charge in [-0.3, -0.25) is 0 Å².